The van der Waals surface area contributed by atoms with Crippen LogP contribution in [-0.2, 0) is 16.1 Å². The number of unbranched alkanes of at least 4 members (excludes halogenated alkanes) is 1. The molecule has 2 aromatic carbocycles. The molecule has 1 aliphatic carbocycles. The smallest absolute Gasteiger partial charge is 0.335 e. The molecule has 10 heteroatoms. The fraction of sp³-hybridized carbons (Fsp3) is 0.545. The number of benzene rings is 2. The second-order valence-electron chi connectivity index (χ2n) is 12.2. The van der Waals surface area contributed by atoms with Gasteiger partial charge in [0, 0.05) is 26.2 Å². The molecule has 2 saturated heterocycles. The third kappa shape index (κ3) is 7.00. The van der Waals surface area contributed by atoms with E-state index in [0.29, 0.717) is 44.0 Å². The highest BCUT2D eigenvalue weighted by molar-refractivity contribution is 6.00. The summed E-state index contributed by atoms with van der Waals surface area (Å²) >= 11 is 0. The first-order chi connectivity index (χ1) is 20.2. The molecular formula is C33H44ClN3O6. The summed E-state index contributed by atoms with van der Waals surface area (Å²) in [5, 5.41) is 23.2. The molecule has 0 aromatic heterocycles. The summed E-state index contributed by atoms with van der Waals surface area (Å²) in [6.45, 7) is 6.54. The second kappa shape index (κ2) is 14.1. The van der Waals surface area contributed by atoms with E-state index in [2.05, 4.69) is 17.1 Å². The maximum Gasteiger partial charge on any atom is 0.335 e. The number of hydrogen-bond acceptors (Lipinski definition) is 6. The lowest BCUT2D eigenvalue weighted by atomic mass is 9.80. The van der Waals surface area contributed by atoms with Gasteiger partial charge >= 0.3 is 5.97 Å². The number of amides is 2. The number of carbonyl (C=O) groups is 3. The maximum atomic E-state index is 13.8. The standard InChI is InChI=1S/C33H43N3O6.ClH/c1-3-4-17-36-30(38)28(29(37)24-7-5-6-8-24)34-32(41)33(36)15-18-35(19-16-33)21-23-9-12-26(13-10-23)42-27-14-11-25(31(39)40)20-22(27)2;/h9-14,20,24,28-29,37H,3-8,15-19,21H2,1-2H3,(H,34,41)(H,39,40);1H/t28-,29-;/m1./s1. The number of aliphatic hydroxyl groups excluding tert-OH is 1. The summed E-state index contributed by atoms with van der Waals surface area (Å²) in [6, 6.07) is 11.8. The van der Waals surface area contributed by atoms with E-state index < -0.39 is 23.7 Å². The van der Waals surface area contributed by atoms with Crippen LogP contribution in [0.1, 0.15) is 79.8 Å². The molecule has 2 amide bonds. The molecule has 3 aliphatic rings. The molecule has 234 valence electrons. The number of piperazine rings is 1. The van der Waals surface area contributed by atoms with Gasteiger partial charge in [0.05, 0.1) is 11.7 Å². The minimum atomic E-state index is -0.968. The number of carbonyl (C=O) groups excluding carboxylic acids is 2. The number of nitrogens with one attached hydrogen (secondary N) is 1. The first-order valence-electron chi connectivity index (χ1n) is 15.4. The molecule has 3 fully saturated rings. The lowest BCUT2D eigenvalue weighted by Gasteiger charge is -2.52. The van der Waals surface area contributed by atoms with Gasteiger partial charge in [0.15, 0.2) is 0 Å². The van der Waals surface area contributed by atoms with E-state index in [1.54, 1.807) is 12.1 Å². The molecule has 1 saturated carbocycles. The summed E-state index contributed by atoms with van der Waals surface area (Å²) in [4.78, 5) is 42.7. The molecule has 2 aromatic rings. The number of aromatic carboxylic acids is 1. The highest BCUT2D eigenvalue weighted by atomic mass is 35.5. The zero-order valence-electron chi connectivity index (χ0n) is 25.1. The van der Waals surface area contributed by atoms with Crippen molar-refractivity contribution in [3.63, 3.8) is 0 Å². The third-order valence-corrected chi connectivity index (χ3v) is 9.38. The van der Waals surface area contributed by atoms with Crippen molar-refractivity contribution in [2.45, 2.75) is 89.4 Å². The number of aryl methyl sites for hydroxylation is 1. The van der Waals surface area contributed by atoms with Gasteiger partial charge < -0.3 is 25.2 Å². The van der Waals surface area contributed by atoms with Crippen LogP contribution in [0.3, 0.4) is 0 Å². The van der Waals surface area contributed by atoms with Crippen LogP contribution in [0, 0.1) is 12.8 Å². The third-order valence-electron chi connectivity index (χ3n) is 9.38. The first-order valence-corrected chi connectivity index (χ1v) is 15.4. The van der Waals surface area contributed by atoms with E-state index >= 15 is 0 Å². The van der Waals surface area contributed by atoms with Crippen LogP contribution in [-0.4, -0.2) is 75.1 Å². The van der Waals surface area contributed by atoms with Crippen LogP contribution < -0.4 is 10.1 Å². The molecule has 5 rings (SSSR count). The van der Waals surface area contributed by atoms with Gasteiger partial charge in [-0.15, -0.1) is 12.4 Å². The van der Waals surface area contributed by atoms with E-state index in [-0.39, 0.29) is 35.7 Å². The maximum absolute atomic E-state index is 13.8. The van der Waals surface area contributed by atoms with Crippen molar-refractivity contribution < 1.29 is 29.3 Å². The zero-order valence-corrected chi connectivity index (χ0v) is 25.9. The Balaban J connectivity index is 0.00000423. The number of nitrogens with zero attached hydrogens (tertiary/aromatic N) is 2. The Hall–Kier alpha value is -3.14. The predicted octanol–water partition coefficient (Wildman–Crippen LogP) is 4.92. The van der Waals surface area contributed by atoms with Gasteiger partial charge in [-0.3, -0.25) is 14.5 Å². The number of hydrogen-bond donors (Lipinski definition) is 3. The van der Waals surface area contributed by atoms with Gasteiger partial charge in [-0.1, -0.05) is 38.3 Å². The summed E-state index contributed by atoms with van der Waals surface area (Å²) in [7, 11) is 0. The van der Waals surface area contributed by atoms with Gasteiger partial charge in [-0.25, -0.2) is 4.79 Å². The minimum Gasteiger partial charge on any atom is -0.478 e. The second-order valence-corrected chi connectivity index (χ2v) is 12.2. The minimum absolute atomic E-state index is 0. The van der Waals surface area contributed by atoms with Gasteiger partial charge in [0.2, 0.25) is 11.8 Å². The van der Waals surface area contributed by atoms with Gasteiger partial charge in [0.1, 0.15) is 23.1 Å². The molecule has 0 radical (unpaired) electrons. The molecular weight excluding hydrogens is 570 g/mol. The Morgan fingerprint density at radius 3 is 2.37 bits per heavy atom. The van der Waals surface area contributed by atoms with E-state index in [1.807, 2.05) is 36.1 Å². The summed E-state index contributed by atoms with van der Waals surface area (Å²) < 4.78 is 5.98. The van der Waals surface area contributed by atoms with Crippen LogP contribution in [0.25, 0.3) is 0 Å². The number of halogens is 1. The van der Waals surface area contributed by atoms with Crippen molar-refractivity contribution in [2.75, 3.05) is 19.6 Å². The van der Waals surface area contributed by atoms with Crippen molar-refractivity contribution in [3.8, 4) is 11.5 Å². The van der Waals surface area contributed by atoms with Crippen LogP contribution in [0.15, 0.2) is 42.5 Å². The molecule has 2 heterocycles. The molecule has 2 atom stereocenters. The fourth-order valence-corrected chi connectivity index (χ4v) is 6.80. The number of likely N-dealkylation sites (tertiary alicyclic amines) is 1. The number of piperidine rings is 1. The Bertz CT molecular complexity index is 1290. The van der Waals surface area contributed by atoms with Crippen molar-refractivity contribution in [1.29, 1.82) is 0 Å². The van der Waals surface area contributed by atoms with Crippen molar-refractivity contribution >= 4 is 30.2 Å². The predicted molar refractivity (Wildman–Crippen MR) is 166 cm³/mol. The Morgan fingerprint density at radius 1 is 1.09 bits per heavy atom. The van der Waals surface area contributed by atoms with Crippen molar-refractivity contribution in [2.24, 2.45) is 5.92 Å². The molecule has 43 heavy (non-hydrogen) atoms. The first kappa shape index (κ1) is 32.8. The van der Waals surface area contributed by atoms with Crippen LogP contribution in [0.2, 0.25) is 0 Å². The van der Waals surface area contributed by atoms with E-state index in [4.69, 9.17) is 4.74 Å². The quantitative estimate of drug-likeness (QED) is 0.348. The van der Waals surface area contributed by atoms with E-state index in [1.165, 1.54) is 6.07 Å². The van der Waals surface area contributed by atoms with Crippen molar-refractivity contribution in [1.82, 2.24) is 15.1 Å². The largest absolute Gasteiger partial charge is 0.478 e. The molecule has 9 nitrogen and oxygen atoms in total. The lowest BCUT2D eigenvalue weighted by molar-refractivity contribution is -0.165. The summed E-state index contributed by atoms with van der Waals surface area (Å²) in [5.74, 6) is 0.138. The SMILES string of the molecule is CCCCN1C(=O)[C@@H]([C@H](O)C2CCCC2)NC(=O)C12CCN(Cc1ccc(Oc3ccc(C(=O)O)cc3C)cc1)CC2.Cl. The summed E-state index contributed by atoms with van der Waals surface area (Å²) in [5.41, 5.74) is 1.23. The monoisotopic (exact) mass is 613 g/mol. The average Bonchev–Trinajstić information content (AvgIpc) is 3.53. The number of carboxylic acids is 1. The van der Waals surface area contributed by atoms with Gasteiger partial charge in [-0.05, 0) is 86.4 Å². The molecule has 3 N–H and O–H groups in total. The highest BCUT2D eigenvalue weighted by Crippen LogP contribution is 2.37. The number of rotatable bonds is 10. The molecule has 1 spiro atoms. The summed E-state index contributed by atoms with van der Waals surface area (Å²) in [6.07, 6.45) is 5.99. The Morgan fingerprint density at radius 2 is 1.77 bits per heavy atom. The fourth-order valence-electron chi connectivity index (χ4n) is 6.80. The van der Waals surface area contributed by atoms with Crippen molar-refractivity contribution in [3.05, 3.63) is 59.2 Å². The highest BCUT2D eigenvalue weighted by Gasteiger charge is 2.55. The Labute approximate surface area is 260 Å². The van der Waals surface area contributed by atoms with Gasteiger partial charge in [-0.2, -0.15) is 0 Å². The van der Waals surface area contributed by atoms with E-state index in [0.717, 1.165) is 56.2 Å². The normalized spacial score (nSPS) is 21.4. The zero-order chi connectivity index (χ0) is 29.9. The topological polar surface area (TPSA) is 119 Å². The Kier molecular flexibility index (Phi) is 10.7. The molecule has 0 unspecified atom stereocenters. The van der Waals surface area contributed by atoms with E-state index in [9.17, 15) is 24.6 Å². The van der Waals surface area contributed by atoms with Crippen LogP contribution >= 0.6 is 12.4 Å². The number of ether oxygens (including phenoxy) is 1. The molecule has 0 bridgehead atoms. The van der Waals surface area contributed by atoms with Crippen LogP contribution in [0.4, 0.5) is 0 Å². The average molecular weight is 614 g/mol. The van der Waals surface area contributed by atoms with Crippen LogP contribution in [0.5, 0.6) is 11.5 Å². The lowest BCUT2D eigenvalue weighted by Crippen LogP contribution is -2.75. The number of carboxylic acid groups (broad SMARTS) is 1. The number of aliphatic hydroxyl groups is 1. The van der Waals surface area contributed by atoms with Gasteiger partial charge in [0.25, 0.3) is 0 Å². The molecule has 2 aliphatic heterocycles.